The summed E-state index contributed by atoms with van der Waals surface area (Å²) in [4.78, 5) is 14.4. The fraction of sp³-hybridized carbons (Fsp3) is 0.667. The molecule has 0 aliphatic carbocycles. The number of fused-ring (bicyclic) bond motifs is 1. The molecule has 1 amide bonds. The van der Waals surface area contributed by atoms with Gasteiger partial charge in [-0.3, -0.25) is 4.79 Å². The normalized spacial score (nSPS) is 27.9. The molecule has 3 heterocycles. The van der Waals surface area contributed by atoms with Crippen molar-refractivity contribution in [1.29, 1.82) is 0 Å². The second-order valence-corrected chi connectivity index (χ2v) is 8.22. The summed E-state index contributed by atoms with van der Waals surface area (Å²) in [5.74, 6) is 0.807. The first kappa shape index (κ1) is 16.5. The van der Waals surface area contributed by atoms with Gasteiger partial charge in [-0.1, -0.05) is 0 Å². The van der Waals surface area contributed by atoms with E-state index in [1.165, 1.54) is 6.26 Å². The number of rotatable bonds is 4. The van der Waals surface area contributed by atoms with E-state index in [-0.39, 0.29) is 24.5 Å². The van der Waals surface area contributed by atoms with Crippen molar-refractivity contribution < 1.29 is 22.4 Å². The maximum Gasteiger partial charge on any atom is 0.289 e. The van der Waals surface area contributed by atoms with Crippen molar-refractivity contribution in [3.05, 3.63) is 23.7 Å². The summed E-state index contributed by atoms with van der Waals surface area (Å²) in [5, 5.41) is 0. The molecule has 2 aliphatic heterocycles. The molecule has 0 spiro atoms. The van der Waals surface area contributed by atoms with E-state index in [0.29, 0.717) is 31.4 Å². The number of nitrogens with zero attached hydrogens (tertiary/aromatic N) is 1. The first-order valence-corrected chi connectivity index (χ1v) is 9.64. The van der Waals surface area contributed by atoms with Gasteiger partial charge in [0.15, 0.2) is 5.76 Å². The number of nitrogens with one attached hydrogen (secondary N) is 1. The van der Waals surface area contributed by atoms with Crippen LogP contribution < -0.4 is 4.72 Å². The maximum absolute atomic E-state index is 12.6. The lowest BCUT2D eigenvalue weighted by Gasteiger charge is -2.35. The van der Waals surface area contributed by atoms with Gasteiger partial charge in [0.25, 0.3) is 5.91 Å². The molecule has 3 rings (SSSR count). The average Bonchev–Trinajstić information content (AvgIpc) is 3.09. The van der Waals surface area contributed by atoms with Crippen LogP contribution in [0.1, 0.15) is 22.5 Å². The third-order valence-corrected chi connectivity index (χ3v) is 5.39. The Morgan fingerprint density at radius 3 is 2.91 bits per heavy atom. The van der Waals surface area contributed by atoms with E-state index in [9.17, 15) is 13.2 Å². The van der Waals surface area contributed by atoms with E-state index in [1.807, 2.05) is 6.92 Å². The number of sulfonamides is 1. The number of ether oxygens (including phenoxy) is 1. The van der Waals surface area contributed by atoms with Crippen molar-refractivity contribution >= 4 is 15.9 Å². The van der Waals surface area contributed by atoms with Crippen LogP contribution in [-0.4, -0.2) is 57.8 Å². The highest BCUT2D eigenvalue weighted by molar-refractivity contribution is 7.88. The van der Waals surface area contributed by atoms with Crippen LogP contribution in [0.3, 0.4) is 0 Å². The number of furan rings is 1. The van der Waals surface area contributed by atoms with E-state index >= 15 is 0 Å². The predicted octanol–water partition coefficient (Wildman–Crippen LogP) is 0.614. The zero-order valence-corrected chi connectivity index (χ0v) is 14.1. The minimum Gasteiger partial charge on any atom is -0.459 e. The van der Waals surface area contributed by atoms with Gasteiger partial charge in [-0.05, 0) is 25.3 Å². The van der Waals surface area contributed by atoms with Crippen LogP contribution in [0.2, 0.25) is 0 Å². The Labute approximate surface area is 136 Å². The fourth-order valence-corrected chi connectivity index (χ4v) is 3.86. The molecular weight excluding hydrogens is 320 g/mol. The number of aryl methyl sites for hydroxylation is 1. The molecule has 2 aliphatic rings. The second kappa shape index (κ2) is 6.26. The highest BCUT2D eigenvalue weighted by Gasteiger charge is 2.42. The van der Waals surface area contributed by atoms with Gasteiger partial charge in [-0.15, -0.1) is 0 Å². The molecule has 0 unspecified atom stereocenters. The Balaban J connectivity index is 1.67. The molecule has 1 aromatic heterocycles. The Hall–Kier alpha value is -1.38. The van der Waals surface area contributed by atoms with Gasteiger partial charge in [0.1, 0.15) is 0 Å². The molecule has 0 radical (unpaired) electrons. The van der Waals surface area contributed by atoms with Gasteiger partial charge in [0, 0.05) is 31.1 Å². The highest BCUT2D eigenvalue weighted by Crippen LogP contribution is 2.34. The zero-order chi connectivity index (χ0) is 16.6. The molecule has 7 nitrogen and oxygen atoms in total. The fourth-order valence-electron chi connectivity index (χ4n) is 3.39. The van der Waals surface area contributed by atoms with Crippen molar-refractivity contribution in [2.24, 2.45) is 11.8 Å². The monoisotopic (exact) mass is 342 g/mol. The lowest BCUT2D eigenvalue weighted by molar-refractivity contribution is 0.0535. The summed E-state index contributed by atoms with van der Waals surface area (Å²) < 4.78 is 36.1. The summed E-state index contributed by atoms with van der Waals surface area (Å²) in [6.45, 7) is 3.97. The third-order valence-electron chi connectivity index (χ3n) is 4.70. The summed E-state index contributed by atoms with van der Waals surface area (Å²) >= 11 is 0. The van der Waals surface area contributed by atoms with Gasteiger partial charge in [-0.2, -0.15) is 0 Å². The first-order chi connectivity index (χ1) is 10.8. The second-order valence-electron chi connectivity index (χ2n) is 6.39. The molecule has 8 heteroatoms. The van der Waals surface area contributed by atoms with Crippen LogP contribution in [0.4, 0.5) is 0 Å². The minimum absolute atomic E-state index is 0.104. The number of piperidine rings is 1. The van der Waals surface area contributed by atoms with Gasteiger partial charge in [0.2, 0.25) is 10.0 Å². The molecule has 128 valence electrons. The zero-order valence-electron chi connectivity index (χ0n) is 13.3. The van der Waals surface area contributed by atoms with Gasteiger partial charge in [0.05, 0.1) is 25.2 Å². The van der Waals surface area contributed by atoms with Gasteiger partial charge in [-0.25, -0.2) is 13.1 Å². The number of hydrogen-bond acceptors (Lipinski definition) is 5. The van der Waals surface area contributed by atoms with Crippen molar-refractivity contribution in [1.82, 2.24) is 9.62 Å². The number of likely N-dealkylation sites (tertiary alicyclic amines) is 1. The maximum atomic E-state index is 12.6. The molecule has 1 N–H and O–H groups in total. The van der Waals surface area contributed by atoms with E-state index in [0.717, 1.165) is 18.2 Å². The quantitative estimate of drug-likeness (QED) is 0.866. The predicted molar refractivity (Wildman–Crippen MR) is 83.5 cm³/mol. The average molecular weight is 342 g/mol. The van der Waals surface area contributed by atoms with Crippen LogP contribution in [-0.2, 0) is 14.8 Å². The minimum atomic E-state index is -3.25. The van der Waals surface area contributed by atoms with Crippen LogP contribution >= 0.6 is 0 Å². The van der Waals surface area contributed by atoms with E-state index in [4.69, 9.17) is 9.15 Å². The molecular formula is C15H22N2O5S. The smallest absolute Gasteiger partial charge is 0.289 e. The van der Waals surface area contributed by atoms with Crippen molar-refractivity contribution in [2.45, 2.75) is 19.4 Å². The standard InChI is InChI=1S/C15H22N2O5S/c1-10-4-6-21-14(10)15(18)17-5-3-11-9-22-13(12(11)8-17)7-16-23(2,19)20/h4,6,11-13,16H,3,5,7-9H2,1-2H3/t11-,12-,13+/m0/s1. The number of carbonyl (C=O) groups is 1. The van der Waals surface area contributed by atoms with Crippen LogP contribution in [0.5, 0.6) is 0 Å². The lowest BCUT2D eigenvalue weighted by Crippen LogP contribution is -2.47. The molecule has 23 heavy (non-hydrogen) atoms. The third kappa shape index (κ3) is 3.59. The van der Waals surface area contributed by atoms with Crippen molar-refractivity contribution in [3.63, 3.8) is 0 Å². The largest absolute Gasteiger partial charge is 0.459 e. The molecule has 0 saturated carbocycles. The molecule has 0 bridgehead atoms. The highest BCUT2D eigenvalue weighted by atomic mass is 32.2. The van der Waals surface area contributed by atoms with E-state index < -0.39 is 10.0 Å². The molecule has 2 fully saturated rings. The van der Waals surface area contributed by atoms with Crippen molar-refractivity contribution in [3.8, 4) is 0 Å². The van der Waals surface area contributed by atoms with E-state index in [1.54, 1.807) is 11.0 Å². The number of amides is 1. The van der Waals surface area contributed by atoms with Gasteiger partial charge < -0.3 is 14.1 Å². The molecule has 2 saturated heterocycles. The SMILES string of the molecule is Cc1ccoc1C(=O)N1CC[C@H]2CO[C@H](CNS(C)(=O)=O)[C@H]2C1. The van der Waals surface area contributed by atoms with Crippen LogP contribution in [0.15, 0.2) is 16.7 Å². The topological polar surface area (TPSA) is 88.8 Å². The molecule has 3 atom stereocenters. The lowest BCUT2D eigenvalue weighted by atomic mass is 9.84. The van der Waals surface area contributed by atoms with Gasteiger partial charge >= 0.3 is 0 Å². The Morgan fingerprint density at radius 1 is 1.48 bits per heavy atom. The first-order valence-electron chi connectivity index (χ1n) is 7.75. The number of hydrogen-bond donors (Lipinski definition) is 1. The number of carbonyl (C=O) groups excluding carboxylic acids is 1. The Bertz CT molecular complexity index is 684. The Morgan fingerprint density at radius 2 is 2.26 bits per heavy atom. The summed E-state index contributed by atoms with van der Waals surface area (Å²) in [6, 6.07) is 1.78. The van der Waals surface area contributed by atoms with Crippen molar-refractivity contribution in [2.75, 3.05) is 32.5 Å². The van der Waals surface area contributed by atoms with E-state index in [2.05, 4.69) is 4.72 Å². The van der Waals surface area contributed by atoms with Crippen LogP contribution in [0.25, 0.3) is 0 Å². The summed E-state index contributed by atoms with van der Waals surface area (Å²) in [6.07, 6.45) is 3.33. The Kier molecular flexibility index (Phi) is 4.48. The van der Waals surface area contributed by atoms with Crippen LogP contribution in [0, 0.1) is 18.8 Å². The molecule has 0 aromatic carbocycles. The summed E-state index contributed by atoms with van der Waals surface area (Å²) in [5.41, 5.74) is 0.829. The molecule has 1 aromatic rings. The summed E-state index contributed by atoms with van der Waals surface area (Å²) in [7, 11) is -3.25.